The first kappa shape index (κ1) is 10.5. The molecule has 0 nitrogen and oxygen atoms in total. The minimum Gasteiger partial charge on any atom is -0.111 e. The Morgan fingerprint density at radius 1 is 0.800 bits per heavy atom. The topological polar surface area (TPSA) is 0 Å². The molecule has 0 saturated carbocycles. The molecule has 0 atom stereocenters. The Kier molecular flexibility index (Phi) is 3.26. The Labute approximate surface area is 96.0 Å². The highest BCUT2D eigenvalue weighted by Crippen LogP contribution is 2.16. The Hall–Kier alpha value is -1.03. The van der Waals surface area contributed by atoms with Crippen LogP contribution in [0.25, 0.3) is 11.1 Å². The van der Waals surface area contributed by atoms with Crippen molar-refractivity contribution < 1.29 is 0 Å². The second-order valence-electron chi connectivity index (χ2n) is 4.07. The van der Waals surface area contributed by atoms with Gasteiger partial charge in [0.25, 0.3) is 14.1 Å². The molecule has 0 saturated heterocycles. The molecule has 0 aliphatic rings. The third-order valence-corrected chi connectivity index (χ3v) is 4.35. The summed E-state index contributed by atoms with van der Waals surface area (Å²) in [6.45, 7) is 0. The van der Waals surface area contributed by atoms with Gasteiger partial charge in [-0.05, 0) is 17.2 Å². The average molecular weight is 209 g/mol. The fourth-order valence-electron chi connectivity index (χ4n) is 1.64. The molecule has 0 unspecified atom stereocenters. The standard InChI is InChI=1S/C12H8.2CH3.Al/c1-3-7-11(8-4-1)12-9-5-2-6-10-12;;;/h3-10H;2*1H3;. The minimum atomic E-state index is -0.650. The highest BCUT2D eigenvalue weighted by molar-refractivity contribution is 6.70. The highest BCUT2D eigenvalue weighted by Gasteiger charge is 2.05. The fourth-order valence-corrected chi connectivity index (χ4v) is 2.60. The van der Waals surface area contributed by atoms with E-state index < -0.39 is 14.1 Å². The SMILES string of the molecule is [CH3][Al]([CH3])[c]1ccc(-c2cc[c]cc2)cc1. The van der Waals surface area contributed by atoms with Crippen LogP contribution < -0.4 is 4.43 Å². The van der Waals surface area contributed by atoms with Crippen LogP contribution in [0.1, 0.15) is 0 Å². The van der Waals surface area contributed by atoms with Crippen LogP contribution in [0.15, 0.2) is 48.5 Å². The first-order chi connectivity index (χ1) is 7.27. The van der Waals surface area contributed by atoms with Crippen LogP contribution in [0.2, 0.25) is 11.6 Å². The van der Waals surface area contributed by atoms with Crippen molar-refractivity contribution in [3.05, 3.63) is 54.6 Å². The van der Waals surface area contributed by atoms with Gasteiger partial charge in [0.1, 0.15) is 0 Å². The third kappa shape index (κ3) is 2.50. The van der Waals surface area contributed by atoms with E-state index in [4.69, 9.17) is 0 Å². The summed E-state index contributed by atoms with van der Waals surface area (Å²) in [6.07, 6.45) is 0. The molecule has 2 rings (SSSR count). The molecule has 0 heterocycles. The predicted molar refractivity (Wildman–Crippen MR) is 67.8 cm³/mol. The summed E-state index contributed by atoms with van der Waals surface area (Å²) in [5.74, 6) is 4.71. The summed E-state index contributed by atoms with van der Waals surface area (Å²) >= 11 is -0.650. The summed E-state index contributed by atoms with van der Waals surface area (Å²) in [7, 11) is 0. The van der Waals surface area contributed by atoms with Gasteiger partial charge in [-0.2, -0.15) is 0 Å². The van der Waals surface area contributed by atoms with E-state index in [0.29, 0.717) is 0 Å². The summed E-state index contributed by atoms with van der Waals surface area (Å²) in [5.41, 5.74) is 2.56. The molecular formula is C14H14Al. The van der Waals surface area contributed by atoms with Gasteiger partial charge in [0.2, 0.25) is 0 Å². The molecule has 1 radical (unpaired) electrons. The Bertz CT molecular complexity index is 415. The smallest absolute Gasteiger partial charge is 0.111 e. The van der Waals surface area contributed by atoms with Gasteiger partial charge in [-0.3, -0.25) is 0 Å². The van der Waals surface area contributed by atoms with Gasteiger partial charge in [0, 0.05) is 0 Å². The number of hydrogen-bond donors (Lipinski definition) is 0. The van der Waals surface area contributed by atoms with E-state index in [1.807, 2.05) is 12.1 Å². The number of hydrogen-bond acceptors (Lipinski definition) is 0. The van der Waals surface area contributed by atoms with Crippen LogP contribution >= 0.6 is 0 Å². The summed E-state index contributed by atoms with van der Waals surface area (Å²) in [5, 5.41) is 0. The van der Waals surface area contributed by atoms with E-state index in [2.05, 4.69) is 54.0 Å². The zero-order valence-electron chi connectivity index (χ0n) is 9.20. The molecule has 73 valence electrons. The first-order valence-corrected chi connectivity index (χ1v) is 8.22. The summed E-state index contributed by atoms with van der Waals surface area (Å²) < 4.78 is 1.53. The van der Waals surface area contributed by atoms with E-state index in [1.54, 1.807) is 0 Å². The van der Waals surface area contributed by atoms with Gasteiger partial charge in [-0.15, -0.1) is 16.0 Å². The van der Waals surface area contributed by atoms with Crippen LogP contribution in [0.4, 0.5) is 0 Å². The lowest BCUT2D eigenvalue weighted by Crippen LogP contribution is -2.21. The van der Waals surface area contributed by atoms with Gasteiger partial charge in [-0.1, -0.05) is 48.5 Å². The van der Waals surface area contributed by atoms with E-state index in [9.17, 15) is 0 Å². The normalized spacial score (nSPS) is 10.0. The number of benzene rings is 2. The highest BCUT2D eigenvalue weighted by atomic mass is 27.2. The minimum absolute atomic E-state index is 0.650. The molecule has 0 aliphatic heterocycles. The molecule has 0 aromatic heterocycles. The van der Waals surface area contributed by atoms with E-state index in [1.165, 1.54) is 15.6 Å². The van der Waals surface area contributed by atoms with E-state index in [-0.39, 0.29) is 0 Å². The van der Waals surface area contributed by atoms with Crippen LogP contribution in [0.3, 0.4) is 0 Å². The lowest BCUT2D eigenvalue weighted by molar-refractivity contribution is 1.62. The van der Waals surface area contributed by atoms with Crippen molar-refractivity contribution in [3.8, 4) is 11.1 Å². The van der Waals surface area contributed by atoms with Crippen molar-refractivity contribution in [2.45, 2.75) is 11.6 Å². The Morgan fingerprint density at radius 3 is 1.87 bits per heavy atom. The lowest BCUT2D eigenvalue weighted by atomic mass is 10.1. The van der Waals surface area contributed by atoms with Crippen molar-refractivity contribution in [3.63, 3.8) is 0 Å². The molecule has 0 fully saturated rings. The first-order valence-electron chi connectivity index (χ1n) is 5.34. The van der Waals surface area contributed by atoms with Gasteiger partial charge in [0.15, 0.2) is 0 Å². The van der Waals surface area contributed by atoms with Crippen molar-refractivity contribution in [1.29, 1.82) is 0 Å². The predicted octanol–water partition coefficient (Wildman–Crippen LogP) is 3.12. The van der Waals surface area contributed by atoms with Crippen molar-refractivity contribution in [2.75, 3.05) is 0 Å². The maximum Gasteiger partial charge on any atom is 0.299 e. The molecule has 15 heavy (non-hydrogen) atoms. The van der Waals surface area contributed by atoms with Crippen LogP contribution in [-0.2, 0) is 0 Å². The summed E-state index contributed by atoms with van der Waals surface area (Å²) in [4.78, 5) is 0. The zero-order valence-corrected chi connectivity index (χ0v) is 10.4. The lowest BCUT2D eigenvalue weighted by Gasteiger charge is -2.04. The largest absolute Gasteiger partial charge is 0.299 e. The summed E-state index contributed by atoms with van der Waals surface area (Å²) in [6, 6.07) is 20.1. The molecule has 2 aromatic carbocycles. The van der Waals surface area contributed by atoms with Gasteiger partial charge in [0.05, 0.1) is 0 Å². The van der Waals surface area contributed by atoms with Gasteiger partial charge < -0.3 is 0 Å². The molecule has 0 spiro atoms. The quantitative estimate of drug-likeness (QED) is 0.667. The molecule has 0 aliphatic carbocycles. The van der Waals surface area contributed by atoms with Crippen LogP contribution in [0.5, 0.6) is 0 Å². The zero-order chi connectivity index (χ0) is 10.7. The van der Waals surface area contributed by atoms with Gasteiger partial charge >= 0.3 is 0 Å². The van der Waals surface area contributed by atoms with Crippen LogP contribution in [-0.4, -0.2) is 14.1 Å². The molecule has 1 heteroatoms. The fraction of sp³-hybridized carbons (Fsp3) is 0.143. The van der Waals surface area contributed by atoms with E-state index in [0.717, 1.165) is 0 Å². The second kappa shape index (κ2) is 4.66. The molecular weight excluding hydrogens is 195 g/mol. The molecule has 0 bridgehead atoms. The molecule has 2 aromatic rings. The monoisotopic (exact) mass is 209 g/mol. The van der Waals surface area contributed by atoms with Crippen molar-refractivity contribution >= 4 is 18.6 Å². The Balaban J connectivity index is 2.32. The molecule has 0 N–H and O–H groups in total. The average Bonchev–Trinajstić information content (AvgIpc) is 2.30. The van der Waals surface area contributed by atoms with Crippen molar-refractivity contribution in [1.82, 2.24) is 0 Å². The van der Waals surface area contributed by atoms with Crippen molar-refractivity contribution in [2.24, 2.45) is 0 Å². The van der Waals surface area contributed by atoms with Gasteiger partial charge in [-0.25, -0.2) is 0 Å². The molecule has 0 amide bonds. The van der Waals surface area contributed by atoms with E-state index >= 15 is 0 Å². The Morgan fingerprint density at radius 2 is 1.33 bits per heavy atom. The van der Waals surface area contributed by atoms with Crippen LogP contribution in [0, 0.1) is 6.07 Å². The second-order valence-corrected chi connectivity index (χ2v) is 7.04. The third-order valence-electron chi connectivity index (χ3n) is 2.63. The number of rotatable bonds is 2. The maximum absolute atomic E-state index is 3.04. The maximum atomic E-state index is 3.04.